The fourth-order valence-corrected chi connectivity index (χ4v) is 1.95. The molecule has 0 saturated heterocycles. The molecule has 2 aromatic carbocycles. The van der Waals surface area contributed by atoms with E-state index in [-0.39, 0.29) is 20.1 Å². The van der Waals surface area contributed by atoms with E-state index in [0.717, 1.165) is 10.9 Å². The molecule has 0 N–H and O–H groups in total. The average molecular weight is 384 g/mol. The van der Waals surface area contributed by atoms with Gasteiger partial charge in [-0.2, -0.15) is 0 Å². The molecule has 16 heavy (non-hydrogen) atoms. The first-order valence-electron chi connectivity index (χ1n) is 5.01. The first-order valence-corrected chi connectivity index (χ1v) is 5.01. The van der Waals surface area contributed by atoms with E-state index in [2.05, 4.69) is 36.2 Å². The summed E-state index contributed by atoms with van der Waals surface area (Å²) in [6, 6.07) is 15.6. The van der Waals surface area contributed by atoms with Crippen molar-refractivity contribution in [2.75, 3.05) is 0 Å². The molecule has 1 nitrogen and oxygen atoms in total. The van der Waals surface area contributed by atoms with E-state index in [9.17, 15) is 0 Å². The minimum Gasteiger partial charge on any atom is -0.304 e. The van der Waals surface area contributed by atoms with Crippen LogP contribution in [0.1, 0.15) is 5.56 Å². The topological polar surface area (TPSA) is 12.9 Å². The molecule has 0 atom stereocenters. The zero-order valence-corrected chi connectivity index (χ0v) is 11.2. The van der Waals surface area contributed by atoms with Crippen molar-refractivity contribution in [1.29, 1.82) is 0 Å². The van der Waals surface area contributed by atoms with Crippen LogP contribution < -0.4 is 0 Å². The summed E-state index contributed by atoms with van der Waals surface area (Å²) in [6.07, 6.45) is 1.86. The molecular weight excluding hydrogens is 374 g/mol. The SMILES string of the molecule is Cc1ccnc2c1ccc1ccc[c-]c12.[Ir]. The standard InChI is InChI=1S/C14H10N.Ir/c1-10-8-9-15-14-12(10)7-6-11-4-2-3-5-13(11)14;/h2-4,6-9H,1H3;/q-1;. The molecule has 0 unspecified atom stereocenters. The Morgan fingerprint density at radius 3 is 2.88 bits per heavy atom. The van der Waals surface area contributed by atoms with Crippen molar-refractivity contribution >= 4 is 21.7 Å². The second-order valence-electron chi connectivity index (χ2n) is 3.72. The Bertz CT molecular complexity index is 646. The van der Waals surface area contributed by atoms with Crippen LogP contribution in [-0.2, 0) is 20.1 Å². The molecule has 1 radical (unpaired) electrons. The average Bonchev–Trinajstić information content (AvgIpc) is 2.29. The number of hydrogen-bond donors (Lipinski definition) is 0. The molecule has 0 aliphatic heterocycles. The van der Waals surface area contributed by atoms with Gasteiger partial charge in [-0.3, -0.25) is 0 Å². The Balaban J connectivity index is 0.000000963. The van der Waals surface area contributed by atoms with Crippen LogP contribution in [0.5, 0.6) is 0 Å². The predicted octanol–water partition coefficient (Wildman–Crippen LogP) is 3.49. The summed E-state index contributed by atoms with van der Waals surface area (Å²) in [6.45, 7) is 2.11. The Morgan fingerprint density at radius 1 is 1.12 bits per heavy atom. The Kier molecular flexibility index (Phi) is 3.04. The van der Waals surface area contributed by atoms with Crippen molar-refractivity contribution in [2.45, 2.75) is 6.92 Å². The molecule has 81 valence electrons. The van der Waals surface area contributed by atoms with E-state index in [0.29, 0.717) is 0 Å². The van der Waals surface area contributed by atoms with Crippen LogP contribution in [0.4, 0.5) is 0 Å². The summed E-state index contributed by atoms with van der Waals surface area (Å²) in [7, 11) is 0. The molecule has 0 fully saturated rings. The van der Waals surface area contributed by atoms with Crippen LogP contribution in [0.2, 0.25) is 0 Å². The second-order valence-corrected chi connectivity index (χ2v) is 3.72. The molecule has 3 aromatic rings. The van der Waals surface area contributed by atoms with Crippen LogP contribution >= 0.6 is 0 Å². The summed E-state index contributed by atoms with van der Waals surface area (Å²) in [5, 5.41) is 3.52. The molecule has 0 aliphatic rings. The van der Waals surface area contributed by atoms with Gasteiger partial charge in [0.1, 0.15) is 0 Å². The van der Waals surface area contributed by atoms with Gasteiger partial charge in [0, 0.05) is 26.3 Å². The van der Waals surface area contributed by atoms with E-state index in [1.54, 1.807) is 0 Å². The maximum atomic E-state index is 4.44. The van der Waals surface area contributed by atoms with Gasteiger partial charge in [-0.15, -0.1) is 35.0 Å². The largest absolute Gasteiger partial charge is 0.304 e. The zero-order chi connectivity index (χ0) is 10.3. The molecular formula is C14H10IrN-. The molecule has 2 heteroatoms. The molecule has 0 bridgehead atoms. The predicted molar refractivity (Wildman–Crippen MR) is 62.8 cm³/mol. The maximum absolute atomic E-state index is 4.44. The van der Waals surface area contributed by atoms with Gasteiger partial charge in [-0.1, -0.05) is 12.1 Å². The van der Waals surface area contributed by atoms with Crippen LogP contribution in [-0.4, -0.2) is 4.98 Å². The Labute approximate surface area is 108 Å². The first kappa shape index (κ1) is 11.3. The van der Waals surface area contributed by atoms with Crippen LogP contribution in [0.3, 0.4) is 0 Å². The summed E-state index contributed by atoms with van der Waals surface area (Å²) < 4.78 is 0. The quantitative estimate of drug-likeness (QED) is 0.427. The number of nitrogens with zero attached hydrogens (tertiary/aromatic N) is 1. The number of pyridine rings is 1. The maximum Gasteiger partial charge on any atom is 0.0163 e. The molecule has 0 aliphatic carbocycles. The van der Waals surface area contributed by atoms with Crippen LogP contribution in [0, 0.1) is 13.0 Å². The van der Waals surface area contributed by atoms with Gasteiger partial charge in [0.05, 0.1) is 0 Å². The van der Waals surface area contributed by atoms with Crippen molar-refractivity contribution in [1.82, 2.24) is 4.98 Å². The van der Waals surface area contributed by atoms with Crippen LogP contribution in [0.15, 0.2) is 42.6 Å². The number of rotatable bonds is 0. The zero-order valence-electron chi connectivity index (χ0n) is 8.82. The normalized spacial score (nSPS) is 10.3. The van der Waals surface area contributed by atoms with Gasteiger partial charge in [0.2, 0.25) is 0 Å². The van der Waals surface area contributed by atoms with Crippen molar-refractivity contribution < 1.29 is 20.1 Å². The fourth-order valence-electron chi connectivity index (χ4n) is 1.95. The smallest absolute Gasteiger partial charge is 0.0163 e. The van der Waals surface area contributed by atoms with Crippen molar-refractivity contribution in [3.8, 4) is 0 Å². The van der Waals surface area contributed by atoms with Gasteiger partial charge in [-0.25, -0.2) is 0 Å². The molecule has 1 aromatic heterocycles. The van der Waals surface area contributed by atoms with Crippen molar-refractivity contribution in [2.24, 2.45) is 0 Å². The minimum atomic E-state index is 0. The number of benzene rings is 2. The van der Waals surface area contributed by atoms with Crippen LogP contribution in [0.25, 0.3) is 21.7 Å². The summed E-state index contributed by atoms with van der Waals surface area (Å²) in [5.41, 5.74) is 2.31. The van der Waals surface area contributed by atoms with E-state index >= 15 is 0 Å². The molecule has 1 heterocycles. The third kappa shape index (κ3) is 1.64. The van der Waals surface area contributed by atoms with E-state index in [1.165, 1.54) is 16.3 Å². The number of hydrogen-bond acceptors (Lipinski definition) is 1. The minimum absolute atomic E-state index is 0. The third-order valence-electron chi connectivity index (χ3n) is 2.76. The van der Waals surface area contributed by atoms with Crippen molar-refractivity contribution in [3.05, 3.63) is 54.2 Å². The first-order chi connectivity index (χ1) is 7.36. The number of fused-ring (bicyclic) bond motifs is 3. The number of aromatic nitrogens is 1. The summed E-state index contributed by atoms with van der Waals surface area (Å²) in [4.78, 5) is 4.44. The summed E-state index contributed by atoms with van der Waals surface area (Å²) >= 11 is 0. The molecule has 0 spiro atoms. The van der Waals surface area contributed by atoms with Gasteiger partial charge >= 0.3 is 0 Å². The number of aryl methyl sites for hydroxylation is 1. The Hall–Kier alpha value is -1.24. The molecule has 3 rings (SSSR count). The van der Waals surface area contributed by atoms with E-state index < -0.39 is 0 Å². The van der Waals surface area contributed by atoms with Gasteiger partial charge in [0.25, 0.3) is 0 Å². The monoisotopic (exact) mass is 385 g/mol. The summed E-state index contributed by atoms with van der Waals surface area (Å²) in [5.74, 6) is 0. The second kappa shape index (κ2) is 4.32. The van der Waals surface area contributed by atoms with Gasteiger partial charge in [0.15, 0.2) is 0 Å². The van der Waals surface area contributed by atoms with Gasteiger partial charge in [-0.05, 0) is 29.5 Å². The molecule has 0 amide bonds. The third-order valence-corrected chi connectivity index (χ3v) is 2.76. The molecule has 0 saturated carbocycles. The van der Waals surface area contributed by atoms with E-state index in [1.807, 2.05) is 24.4 Å². The fraction of sp³-hybridized carbons (Fsp3) is 0.0714. The van der Waals surface area contributed by atoms with Crippen molar-refractivity contribution in [3.63, 3.8) is 0 Å². The van der Waals surface area contributed by atoms with Gasteiger partial charge < -0.3 is 4.98 Å². The Morgan fingerprint density at radius 2 is 2.00 bits per heavy atom. The van der Waals surface area contributed by atoms with E-state index in [4.69, 9.17) is 0 Å².